The molecule has 3 N–H and O–H groups in total. The van der Waals surface area contributed by atoms with Gasteiger partial charge in [0.15, 0.2) is 0 Å². The van der Waals surface area contributed by atoms with Gasteiger partial charge in [-0.3, -0.25) is 4.55 Å². The highest BCUT2D eigenvalue weighted by molar-refractivity contribution is 7.85. The predicted octanol–water partition coefficient (Wildman–Crippen LogP) is -0.333. The quantitative estimate of drug-likeness (QED) is 0.570. The molecule has 92 valence electrons. The molecule has 7 nitrogen and oxygen atoms in total. The normalized spacial score (nSPS) is 19.5. The summed E-state index contributed by atoms with van der Waals surface area (Å²) in [6.07, 6.45) is 0.471. The van der Waals surface area contributed by atoms with Gasteiger partial charge >= 0.3 is 0 Å². The van der Waals surface area contributed by atoms with Crippen LogP contribution in [0.25, 0.3) is 0 Å². The number of hydrogen-bond donors (Lipinski definition) is 3. The average molecular weight is 242 g/mol. The minimum Gasteiger partial charge on any atom is -0.314 e. The molecule has 0 atom stereocenters. The zero-order chi connectivity index (χ0) is 11.9. The molecular weight excluding hydrogens is 224 g/mol. The molecule has 0 unspecified atom stereocenters. The Kier molecular flexibility index (Phi) is 6.98. The zero-order valence-corrected chi connectivity index (χ0v) is 9.52. The lowest BCUT2D eigenvalue weighted by Crippen LogP contribution is -2.42. The molecule has 0 aliphatic carbocycles. The molecule has 0 radical (unpaired) electrons. The van der Waals surface area contributed by atoms with Crippen LogP contribution in [0, 0.1) is 0 Å². The highest BCUT2D eigenvalue weighted by atomic mass is 32.2. The van der Waals surface area contributed by atoms with E-state index in [2.05, 4.69) is 0 Å². The van der Waals surface area contributed by atoms with Crippen LogP contribution in [-0.4, -0.2) is 65.4 Å². The average Bonchev–Trinajstić information content (AvgIpc) is 2.09. The molecule has 1 heterocycles. The van der Waals surface area contributed by atoms with Gasteiger partial charge in [0.1, 0.15) is 0 Å². The highest BCUT2D eigenvalue weighted by Crippen LogP contribution is 1.92. The summed E-state index contributed by atoms with van der Waals surface area (Å²) < 4.78 is 27.6. The maximum Gasteiger partial charge on any atom is 0.264 e. The maximum atomic E-state index is 9.79. The molecule has 0 aromatic carbocycles. The van der Waals surface area contributed by atoms with Crippen molar-refractivity contribution in [3.63, 3.8) is 0 Å². The Morgan fingerprint density at radius 3 is 1.53 bits per heavy atom. The van der Waals surface area contributed by atoms with Gasteiger partial charge in [-0.25, -0.2) is 0 Å². The van der Waals surface area contributed by atoms with Crippen LogP contribution >= 0.6 is 0 Å². The first-order chi connectivity index (χ1) is 6.85. The van der Waals surface area contributed by atoms with Gasteiger partial charge in [0.25, 0.3) is 10.1 Å². The van der Waals surface area contributed by atoms with Crippen LogP contribution < -0.4 is 0 Å². The number of piperazine rings is 1. The van der Waals surface area contributed by atoms with E-state index in [1.807, 2.05) is 0 Å². The van der Waals surface area contributed by atoms with Gasteiger partial charge in [-0.15, -0.1) is 0 Å². The first-order valence-corrected chi connectivity index (χ1v) is 6.29. The van der Waals surface area contributed by atoms with Crippen molar-refractivity contribution in [1.82, 2.24) is 10.1 Å². The Morgan fingerprint density at radius 1 is 1.07 bits per heavy atom. The van der Waals surface area contributed by atoms with Crippen LogP contribution in [0.15, 0.2) is 0 Å². The van der Waals surface area contributed by atoms with Crippen molar-refractivity contribution < 1.29 is 23.4 Å². The molecule has 1 saturated heterocycles. The molecular formula is C7H18N2O5S. The predicted molar refractivity (Wildman–Crippen MR) is 53.4 cm³/mol. The summed E-state index contributed by atoms with van der Waals surface area (Å²) in [5.41, 5.74) is 0. The van der Waals surface area contributed by atoms with Crippen molar-refractivity contribution in [3.8, 4) is 0 Å². The molecule has 0 spiro atoms. The third-order valence-corrected chi connectivity index (χ3v) is 2.62. The number of hydroxylamine groups is 4. The molecule has 0 aromatic rings. The van der Waals surface area contributed by atoms with Crippen molar-refractivity contribution in [2.75, 3.05) is 31.9 Å². The van der Waals surface area contributed by atoms with Crippen molar-refractivity contribution >= 4 is 10.1 Å². The highest BCUT2D eigenvalue weighted by Gasteiger charge is 2.11. The zero-order valence-electron chi connectivity index (χ0n) is 8.70. The van der Waals surface area contributed by atoms with Gasteiger partial charge in [0.05, 0.1) is 5.75 Å². The van der Waals surface area contributed by atoms with E-state index in [1.165, 1.54) is 10.1 Å². The summed E-state index contributed by atoms with van der Waals surface area (Å²) >= 11 is 0. The SMILES string of the molecule is CCCS(=O)(=O)O.ON1CCN(O)CC1. The third kappa shape index (κ3) is 10.0. The molecule has 0 aromatic heterocycles. The topological polar surface area (TPSA) is 101 Å². The second-order valence-electron chi connectivity index (χ2n) is 3.19. The van der Waals surface area contributed by atoms with Crippen LogP contribution in [0.4, 0.5) is 0 Å². The van der Waals surface area contributed by atoms with Gasteiger partial charge in [-0.05, 0) is 6.42 Å². The molecule has 1 rings (SSSR count). The lowest BCUT2D eigenvalue weighted by Gasteiger charge is -2.25. The van der Waals surface area contributed by atoms with Crippen molar-refractivity contribution in [3.05, 3.63) is 0 Å². The molecule has 1 aliphatic heterocycles. The molecule has 0 amide bonds. The van der Waals surface area contributed by atoms with Crippen molar-refractivity contribution in [2.45, 2.75) is 13.3 Å². The van der Waals surface area contributed by atoms with E-state index in [0.29, 0.717) is 32.6 Å². The van der Waals surface area contributed by atoms with Crippen LogP contribution in [0.2, 0.25) is 0 Å². The minimum absolute atomic E-state index is 0.132. The third-order valence-electron chi connectivity index (χ3n) is 1.69. The number of nitrogens with zero attached hydrogens (tertiary/aromatic N) is 2. The Bertz CT molecular complexity index is 238. The Labute approximate surface area is 89.6 Å². The summed E-state index contributed by atoms with van der Waals surface area (Å²) in [6.45, 7) is 3.84. The lowest BCUT2D eigenvalue weighted by molar-refractivity contribution is -0.184. The molecule has 1 fully saturated rings. The first kappa shape index (κ1) is 14.8. The first-order valence-electron chi connectivity index (χ1n) is 4.68. The summed E-state index contributed by atoms with van der Waals surface area (Å²) in [6, 6.07) is 0. The summed E-state index contributed by atoms with van der Waals surface area (Å²) in [5, 5.41) is 19.8. The van der Waals surface area contributed by atoms with E-state index in [4.69, 9.17) is 15.0 Å². The van der Waals surface area contributed by atoms with E-state index in [9.17, 15) is 8.42 Å². The second kappa shape index (κ2) is 7.09. The maximum absolute atomic E-state index is 9.79. The monoisotopic (exact) mass is 242 g/mol. The van der Waals surface area contributed by atoms with Gasteiger partial charge in [0.2, 0.25) is 0 Å². The van der Waals surface area contributed by atoms with Gasteiger partial charge in [-0.2, -0.15) is 18.5 Å². The van der Waals surface area contributed by atoms with Crippen LogP contribution in [0.1, 0.15) is 13.3 Å². The van der Waals surface area contributed by atoms with E-state index in [1.54, 1.807) is 6.92 Å². The van der Waals surface area contributed by atoms with E-state index < -0.39 is 10.1 Å². The summed E-state index contributed by atoms with van der Waals surface area (Å²) in [7, 11) is -3.67. The van der Waals surface area contributed by atoms with Crippen LogP contribution in [-0.2, 0) is 10.1 Å². The smallest absolute Gasteiger partial charge is 0.264 e. The summed E-state index contributed by atoms with van der Waals surface area (Å²) in [5.74, 6) is -0.132. The molecule has 15 heavy (non-hydrogen) atoms. The van der Waals surface area contributed by atoms with Gasteiger partial charge < -0.3 is 10.4 Å². The summed E-state index contributed by atoms with van der Waals surface area (Å²) in [4.78, 5) is 0. The molecule has 0 bridgehead atoms. The fourth-order valence-electron chi connectivity index (χ4n) is 0.943. The van der Waals surface area contributed by atoms with E-state index in [0.717, 1.165) is 0 Å². The fourth-order valence-corrected chi connectivity index (χ4v) is 1.46. The molecule has 8 heteroatoms. The second-order valence-corrected chi connectivity index (χ2v) is 4.77. The molecule has 1 aliphatic rings. The van der Waals surface area contributed by atoms with Crippen molar-refractivity contribution in [2.24, 2.45) is 0 Å². The van der Waals surface area contributed by atoms with Crippen LogP contribution in [0.3, 0.4) is 0 Å². The number of rotatable bonds is 2. The largest absolute Gasteiger partial charge is 0.314 e. The molecule has 0 saturated carbocycles. The minimum atomic E-state index is -3.67. The van der Waals surface area contributed by atoms with Crippen LogP contribution in [0.5, 0.6) is 0 Å². The Morgan fingerprint density at radius 2 is 1.40 bits per heavy atom. The fraction of sp³-hybridized carbons (Fsp3) is 1.00. The van der Waals surface area contributed by atoms with E-state index in [-0.39, 0.29) is 5.75 Å². The number of hydrogen-bond acceptors (Lipinski definition) is 6. The van der Waals surface area contributed by atoms with Gasteiger partial charge in [0, 0.05) is 26.2 Å². The Balaban J connectivity index is 0.000000265. The van der Waals surface area contributed by atoms with Gasteiger partial charge in [-0.1, -0.05) is 6.92 Å². The van der Waals surface area contributed by atoms with E-state index >= 15 is 0 Å². The lowest BCUT2D eigenvalue weighted by atomic mass is 10.4. The Hall–Kier alpha value is -0.250. The van der Waals surface area contributed by atoms with Crippen molar-refractivity contribution in [1.29, 1.82) is 0 Å². The standard InChI is InChI=1S/C4H10N2O2.C3H8O3S/c7-5-1-2-6(8)4-3-5;1-2-3-7(4,5)6/h7-8H,1-4H2;2-3H2,1H3,(H,4,5,6).